The lowest BCUT2D eigenvalue weighted by Crippen LogP contribution is -2.43. The Morgan fingerprint density at radius 1 is 1.19 bits per heavy atom. The molecule has 0 radical (unpaired) electrons. The van der Waals surface area contributed by atoms with Gasteiger partial charge in [-0.05, 0) is 25.3 Å². The van der Waals surface area contributed by atoms with Crippen LogP contribution in [0.5, 0.6) is 0 Å². The first kappa shape index (κ1) is 16.0. The van der Waals surface area contributed by atoms with Crippen LogP contribution in [0.15, 0.2) is 30.3 Å². The predicted octanol–water partition coefficient (Wildman–Crippen LogP) is 3.86. The van der Waals surface area contributed by atoms with E-state index in [9.17, 15) is 4.79 Å². The molecule has 0 aliphatic carbocycles. The van der Waals surface area contributed by atoms with Crippen molar-refractivity contribution in [1.82, 2.24) is 10.2 Å². The highest BCUT2D eigenvalue weighted by Gasteiger charge is 2.40. The van der Waals surface area contributed by atoms with Crippen LogP contribution in [0.3, 0.4) is 0 Å². The summed E-state index contributed by atoms with van der Waals surface area (Å²) in [5.41, 5.74) is 1.08. The Hall–Kier alpha value is -1.35. The van der Waals surface area contributed by atoms with Crippen LogP contribution in [0.25, 0.3) is 0 Å². The van der Waals surface area contributed by atoms with E-state index in [4.69, 9.17) is 0 Å². The van der Waals surface area contributed by atoms with Crippen molar-refractivity contribution in [3.63, 3.8) is 0 Å². The maximum Gasteiger partial charge on any atom is 0.245 e. The SMILES string of the molecule is CCCCC(C)N1C(=O)C(c2ccccc2)NC1CCC. The normalized spacial score (nSPS) is 23.6. The molecule has 1 aromatic carbocycles. The molecule has 21 heavy (non-hydrogen) atoms. The third kappa shape index (κ3) is 3.65. The lowest BCUT2D eigenvalue weighted by atomic mass is 10.1. The summed E-state index contributed by atoms with van der Waals surface area (Å²) in [7, 11) is 0. The summed E-state index contributed by atoms with van der Waals surface area (Å²) in [5.74, 6) is 0.239. The van der Waals surface area contributed by atoms with Gasteiger partial charge in [0.2, 0.25) is 5.91 Å². The Balaban J connectivity index is 2.16. The quantitative estimate of drug-likeness (QED) is 0.826. The van der Waals surface area contributed by atoms with E-state index in [0.717, 1.165) is 24.8 Å². The second kappa shape index (κ2) is 7.60. The van der Waals surface area contributed by atoms with E-state index in [0.29, 0.717) is 6.04 Å². The number of carbonyl (C=O) groups excluding carboxylic acids is 1. The summed E-state index contributed by atoms with van der Waals surface area (Å²) in [6, 6.07) is 10.2. The van der Waals surface area contributed by atoms with Crippen molar-refractivity contribution < 1.29 is 4.79 Å². The van der Waals surface area contributed by atoms with Crippen LogP contribution in [-0.4, -0.2) is 23.0 Å². The van der Waals surface area contributed by atoms with Gasteiger partial charge in [0, 0.05) is 6.04 Å². The largest absolute Gasteiger partial charge is 0.323 e. The fourth-order valence-corrected chi connectivity index (χ4v) is 3.19. The van der Waals surface area contributed by atoms with Crippen molar-refractivity contribution in [2.24, 2.45) is 0 Å². The molecule has 1 aliphatic heterocycles. The molecule has 1 amide bonds. The zero-order valence-electron chi connectivity index (χ0n) is 13.5. The molecule has 3 heteroatoms. The average molecular weight is 288 g/mol. The second-order valence-corrected chi connectivity index (χ2v) is 6.05. The van der Waals surface area contributed by atoms with Gasteiger partial charge in [0.25, 0.3) is 0 Å². The van der Waals surface area contributed by atoms with Crippen molar-refractivity contribution in [2.45, 2.75) is 71.1 Å². The van der Waals surface area contributed by atoms with Crippen molar-refractivity contribution in [1.29, 1.82) is 0 Å². The van der Waals surface area contributed by atoms with Crippen molar-refractivity contribution in [2.75, 3.05) is 0 Å². The lowest BCUT2D eigenvalue weighted by Gasteiger charge is -2.30. The number of benzene rings is 1. The van der Waals surface area contributed by atoms with Crippen LogP contribution in [-0.2, 0) is 4.79 Å². The number of hydrogen-bond donors (Lipinski definition) is 1. The van der Waals surface area contributed by atoms with Gasteiger partial charge in [-0.2, -0.15) is 0 Å². The van der Waals surface area contributed by atoms with Gasteiger partial charge < -0.3 is 4.90 Å². The summed E-state index contributed by atoms with van der Waals surface area (Å²) in [6.45, 7) is 6.56. The molecule has 1 aromatic rings. The van der Waals surface area contributed by atoms with Gasteiger partial charge >= 0.3 is 0 Å². The number of nitrogens with one attached hydrogen (secondary N) is 1. The molecule has 1 aliphatic rings. The van der Waals surface area contributed by atoms with E-state index in [1.807, 2.05) is 30.3 Å². The second-order valence-electron chi connectivity index (χ2n) is 6.05. The standard InChI is InChI=1S/C18H28N2O/c1-4-6-11-14(3)20-16(10-5-2)19-17(18(20)21)15-12-8-7-9-13-15/h7-9,12-14,16-17,19H,4-6,10-11H2,1-3H3. The molecular weight excluding hydrogens is 260 g/mol. The Morgan fingerprint density at radius 2 is 1.90 bits per heavy atom. The molecule has 0 saturated carbocycles. The molecule has 116 valence electrons. The van der Waals surface area contributed by atoms with Crippen molar-refractivity contribution in [3.8, 4) is 0 Å². The van der Waals surface area contributed by atoms with Crippen LogP contribution in [0.4, 0.5) is 0 Å². The Kier molecular flexibility index (Phi) is 5.80. The Labute approximate surface area is 128 Å². The zero-order valence-corrected chi connectivity index (χ0v) is 13.5. The third-order valence-corrected chi connectivity index (χ3v) is 4.34. The summed E-state index contributed by atoms with van der Waals surface area (Å²) < 4.78 is 0. The average Bonchev–Trinajstić information content (AvgIpc) is 2.83. The van der Waals surface area contributed by atoms with Gasteiger partial charge in [-0.15, -0.1) is 0 Å². The molecule has 3 unspecified atom stereocenters. The fourth-order valence-electron chi connectivity index (χ4n) is 3.19. The number of unbranched alkanes of at least 4 members (excludes halogenated alkanes) is 1. The summed E-state index contributed by atoms with van der Waals surface area (Å²) in [6.07, 6.45) is 5.74. The maximum atomic E-state index is 12.9. The first-order valence-electron chi connectivity index (χ1n) is 8.32. The molecule has 1 N–H and O–H groups in total. The minimum absolute atomic E-state index is 0.174. The van der Waals surface area contributed by atoms with Crippen LogP contribution in [0, 0.1) is 0 Å². The number of hydrogen-bond acceptors (Lipinski definition) is 2. The summed E-state index contributed by atoms with van der Waals surface area (Å²) in [5, 5.41) is 3.54. The Bertz CT molecular complexity index is 446. The van der Waals surface area contributed by atoms with E-state index >= 15 is 0 Å². The van der Waals surface area contributed by atoms with Gasteiger partial charge in [0.1, 0.15) is 6.04 Å². The van der Waals surface area contributed by atoms with Gasteiger partial charge in [-0.1, -0.05) is 63.4 Å². The zero-order chi connectivity index (χ0) is 15.2. The molecular formula is C18H28N2O. The van der Waals surface area contributed by atoms with Crippen LogP contribution >= 0.6 is 0 Å². The predicted molar refractivity (Wildman–Crippen MR) is 86.8 cm³/mol. The number of rotatable bonds is 7. The van der Waals surface area contributed by atoms with Gasteiger partial charge in [-0.3, -0.25) is 10.1 Å². The summed E-state index contributed by atoms with van der Waals surface area (Å²) >= 11 is 0. The third-order valence-electron chi connectivity index (χ3n) is 4.34. The molecule has 0 spiro atoms. The molecule has 1 saturated heterocycles. The first-order valence-corrected chi connectivity index (χ1v) is 8.32. The van der Waals surface area contributed by atoms with E-state index in [1.165, 1.54) is 12.8 Å². The highest BCUT2D eigenvalue weighted by atomic mass is 16.2. The lowest BCUT2D eigenvalue weighted by molar-refractivity contribution is -0.132. The maximum absolute atomic E-state index is 12.9. The van der Waals surface area contributed by atoms with Crippen molar-refractivity contribution >= 4 is 5.91 Å². The number of nitrogens with zero attached hydrogens (tertiary/aromatic N) is 1. The van der Waals surface area contributed by atoms with E-state index in [-0.39, 0.29) is 18.1 Å². The molecule has 3 atom stereocenters. The molecule has 1 fully saturated rings. The Morgan fingerprint density at radius 3 is 2.52 bits per heavy atom. The molecule has 0 aromatic heterocycles. The monoisotopic (exact) mass is 288 g/mol. The van der Waals surface area contributed by atoms with Crippen LogP contribution < -0.4 is 5.32 Å². The van der Waals surface area contributed by atoms with Crippen molar-refractivity contribution in [3.05, 3.63) is 35.9 Å². The van der Waals surface area contributed by atoms with Gasteiger partial charge in [0.05, 0.1) is 6.17 Å². The highest BCUT2D eigenvalue weighted by molar-refractivity contribution is 5.86. The highest BCUT2D eigenvalue weighted by Crippen LogP contribution is 2.29. The molecule has 1 heterocycles. The van der Waals surface area contributed by atoms with E-state index in [1.54, 1.807) is 0 Å². The number of amides is 1. The van der Waals surface area contributed by atoms with Crippen LogP contribution in [0.1, 0.15) is 64.5 Å². The molecule has 3 nitrogen and oxygen atoms in total. The fraction of sp³-hybridized carbons (Fsp3) is 0.611. The summed E-state index contributed by atoms with van der Waals surface area (Å²) in [4.78, 5) is 15.0. The van der Waals surface area contributed by atoms with Gasteiger partial charge in [-0.25, -0.2) is 0 Å². The van der Waals surface area contributed by atoms with E-state index in [2.05, 4.69) is 31.0 Å². The van der Waals surface area contributed by atoms with Crippen LogP contribution in [0.2, 0.25) is 0 Å². The van der Waals surface area contributed by atoms with E-state index < -0.39 is 0 Å². The smallest absolute Gasteiger partial charge is 0.245 e. The first-order chi connectivity index (χ1) is 10.2. The topological polar surface area (TPSA) is 32.3 Å². The van der Waals surface area contributed by atoms with Gasteiger partial charge in [0.15, 0.2) is 0 Å². The minimum atomic E-state index is -0.174. The minimum Gasteiger partial charge on any atom is -0.323 e. The molecule has 2 rings (SSSR count). The number of carbonyl (C=O) groups is 1. The molecule has 0 bridgehead atoms.